The molecule has 3 aliphatic heterocycles. The molecule has 188 valence electrons. The van der Waals surface area contributed by atoms with Gasteiger partial charge in [-0.25, -0.2) is 0 Å². The van der Waals surface area contributed by atoms with Crippen LogP contribution in [-0.4, -0.2) is 73.5 Å². The van der Waals surface area contributed by atoms with Crippen LogP contribution in [0.3, 0.4) is 0 Å². The molecule has 0 bridgehead atoms. The number of carbonyl (C=O) groups is 2. The molecule has 0 unspecified atom stereocenters. The van der Waals surface area contributed by atoms with Gasteiger partial charge in [0.2, 0.25) is 5.91 Å². The van der Waals surface area contributed by atoms with Gasteiger partial charge in [-0.15, -0.1) is 12.4 Å². The van der Waals surface area contributed by atoms with Crippen molar-refractivity contribution in [1.82, 2.24) is 9.80 Å². The lowest BCUT2D eigenvalue weighted by molar-refractivity contribution is -0.117. The molecule has 0 N–H and O–H groups in total. The normalized spacial score (nSPS) is 20.9. The Morgan fingerprint density at radius 2 is 1.60 bits per heavy atom. The minimum atomic E-state index is 0. The van der Waals surface area contributed by atoms with Crippen molar-refractivity contribution < 1.29 is 9.59 Å². The fraction of sp³-hybridized carbons (Fsp3) is 0.500. The van der Waals surface area contributed by atoms with E-state index in [9.17, 15) is 9.59 Å². The summed E-state index contributed by atoms with van der Waals surface area (Å²) in [6.45, 7) is 10.6. The van der Waals surface area contributed by atoms with E-state index in [0.717, 1.165) is 57.9 Å². The Morgan fingerprint density at radius 3 is 2.26 bits per heavy atom. The van der Waals surface area contributed by atoms with Gasteiger partial charge in [-0.1, -0.05) is 17.7 Å². The molecule has 0 saturated carbocycles. The Bertz CT molecular complexity index is 1040. The molecule has 2 amide bonds. The molecule has 2 aromatic carbocycles. The molecule has 5 rings (SSSR count). The van der Waals surface area contributed by atoms with Crippen LogP contribution < -0.4 is 9.80 Å². The van der Waals surface area contributed by atoms with Crippen LogP contribution in [0.1, 0.15) is 47.2 Å². The smallest absolute Gasteiger partial charge is 0.253 e. The maximum atomic E-state index is 13.2. The molecule has 2 aromatic rings. The standard InChI is InChI=1S/C28H36N4O2.ClH/c1-21-5-11-26(22(2)19-21)30-15-17-31(18-16-30)28(34)23-6-8-24(9-7-23)32-25(10-12-27(32)33)20-29-13-3-4-14-29;/h5-9,11,19,25H,3-4,10,12-18,20H2,1-2H3;1H/t25-;/m0./s1. The van der Waals surface area contributed by atoms with Gasteiger partial charge < -0.3 is 19.6 Å². The lowest BCUT2D eigenvalue weighted by Gasteiger charge is -2.37. The number of aryl methyl sites for hydroxylation is 2. The lowest BCUT2D eigenvalue weighted by atomic mass is 10.1. The molecular weight excluding hydrogens is 460 g/mol. The summed E-state index contributed by atoms with van der Waals surface area (Å²) in [5.74, 6) is 0.277. The molecule has 3 saturated heterocycles. The van der Waals surface area contributed by atoms with Gasteiger partial charge in [0.1, 0.15) is 0 Å². The van der Waals surface area contributed by atoms with Gasteiger partial charge in [-0.2, -0.15) is 0 Å². The second kappa shape index (κ2) is 11.0. The second-order valence-corrected chi connectivity index (χ2v) is 10.1. The van der Waals surface area contributed by atoms with Crippen LogP contribution in [0.15, 0.2) is 42.5 Å². The summed E-state index contributed by atoms with van der Waals surface area (Å²) in [6.07, 6.45) is 4.05. The van der Waals surface area contributed by atoms with Gasteiger partial charge in [0, 0.05) is 56.1 Å². The monoisotopic (exact) mass is 496 g/mol. The Kier molecular flexibility index (Phi) is 8.02. The van der Waals surface area contributed by atoms with E-state index in [-0.39, 0.29) is 30.3 Å². The molecule has 3 heterocycles. The van der Waals surface area contributed by atoms with Gasteiger partial charge in [-0.05, 0) is 82.1 Å². The van der Waals surface area contributed by atoms with Crippen molar-refractivity contribution in [2.75, 3.05) is 55.6 Å². The van der Waals surface area contributed by atoms with E-state index in [1.807, 2.05) is 34.1 Å². The van der Waals surface area contributed by atoms with Crippen LogP contribution in [0.4, 0.5) is 11.4 Å². The highest BCUT2D eigenvalue weighted by molar-refractivity contribution is 5.98. The molecule has 1 atom stereocenters. The quantitative estimate of drug-likeness (QED) is 0.620. The third-order valence-electron chi connectivity index (χ3n) is 7.65. The predicted octanol–water partition coefficient (Wildman–Crippen LogP) is 4.28. The zero-order chi connectivity index (χ0) is 23.7. The summed E-state index contributed by atoms with van der Waals surface area (Å²) in [6, 6.07) is 14.5. The first kappa shape index (κ1) is 25.5. The topological polar surface area (TPSA) is 47.1 Å². The maximum absolute atomic E-state index is 13.2. The fourth-order valence-electron chi connectivity index (χ4n) is 5.79. The summed E-state index contributed by atoms with van der Waals surface area (Å²) >= 11 is 0. The van der Waals surface area contributed by atoms with E-state index in [4.69, 9.17) is 0 Å². The van der Waals surface area contributed by atoms with E-state index < -0.39 is 0 Å². The van der Waals surface area contributed by atoms with Crippen LogP contribution in [-0.2, 0) is 4.79 Å². The maximum Gasteiger partial charge on any atom is 0.253 e. The molecule has 3 aliphatic rings. The number of likely N-dealkylation sites (tertiary alicyclic amines) is 1. The van der Waals surface area contributed by atoms with Crippen molar-refractivity contribution in [3.05, 3.63) is 59.2 Å². The number of hydrogen-bond acceptors (Lipinski definition) is 4. The number of piperazine rings is 1. The van der Waals surface area contributed by atoms with Gasteiger partial charge in [0.05, 0.1) is 6.04 Å². The molecule has 0 aromatic heterocycles. The third-order valence-corrected chi connectivity index (χ3v) is 7.65. The third kappa shape index (κ3) is 5.49. The summed E-state index contributed by atoms with van der Waals surface area (Å²) < 4.78 is 0. The summed E-state index contributed by atoms with van der Waals surface area (Å²) in [5.41, 5.74) is 5.45. The number of halogens is 1. The summed E-state index contributed by atoms with van der Waals surface area (Å²) in [7, 11) is 0. The zero-order valence-electron chi connectivity index (χ0n) is 20.9. The molecule has 35 heavy (non-hydrogen) atoms. The number of amides is 2. The van der Waals surface area contributed by atoms with Crippen LogP contribution in [0.25, 0.3) is 0 Å². The number of rotatable bonds is 5. The van der Waals surface area contributed by atoms with E-state index >= 15 is 0 Å². The largest absolute Gasteiger partial charge is 0.368 e. The molecular formula is C28H37ClN4O2. The number of nitrogens with zero attached hydrogens (tertiary/aromatic N) is 4. The predicted molar refractivity (Wildman–Crippen MR) is 144 cm³/mol. The van der Waals surface area contributed by atoms with Crippen molar-refractivity contribution in [2.45, 2.75) is 45.6 Å². The van der Waals surface area contributed by atoms with Crippen LogP contribution >= 0.6 is 12.4 Å². The summed E-state index contributed by atoms with van der Waals surface area (Å²) in [5, 5.41) is 0. The molecule has 0 aliphatic carbocycles. The van der Waals surface area contributed by atoms with E-state index in [2.05, 4.69) is 41.8 Å². The van der Waals surface area contributed by atoms with Crippen molar-refractivity contribution in [3.63, 3.8) is 0 Å². The highest BCUT2D eigenvalue weighted by Gasteiger charge is 2.34. The Labute approximate surface area is 215 Å². The highest BCUT2D eigenvalue weighted by Crippen LogP contribution is 2.29. The Hall–Kier alpha value is -2.57. The Balaban J connectivity index is 0.00000289. The van der Waals surface area contributed by atoms with Crippen LogP contribution in [0.2, 0.25) is 0 Å². The highest BCUT2D eigenvalue weighted by atomic mass is 35.5. The van der Waals surface area contributed by atoms with Gasteiger partial charge in [0.15, 0.2) is 0 Å². The molecule has 6 nitrogen and oxygen atoms in total. The van der Waals surface area contributed by atoms with E-state index in [0.29, 0.717) is 12.0 Å². The van der Waals surface area contributed by atoms with Crippen molar-refractivity contribution in [2.24, 2.45) is 0 Å². The first-order valence-corrected chi connectivity index (χ1v) is 12.8. The number of anilines is 2. The van der Waals surface area contributed by atoms with Crippen LogP contribution in [0.5, 0.6) is 0 Å². The SMILES string of the molecule is Cc1ccc(N2CCN(C(=O)c3ccc(N4C(=O)CC[C@H]4CN4CCCC4)cc3)CC2)c(C)c1.Cl. The second-order valence-electron chi connectivity index (χ2n) is 10.1. The number of benzene rings is 2. The minimum absolute atomic E-state index is 0. The molecule has 3 fully saturated rings. The van der Waals surface area contributed by atoms with Crippen molar-refractivity contribution in [1.29, 1.82) is 0 Å². The Morgan fingerprint density at radius 1 is 0.914 bits per heavy atom. The number of hydrogen-bond donors (Lipinski definition) is 0. The van der Waals surface area contributed by atoms with Crippen molar-refractivity contribution >= 4 is 35.6 Å². The first-order valence-electron chi connectivity index (χ1n) is 12.8. The fourth-order valence-corrected chi connectivity index (χ4v) is 5.79. The van der Waals surface area contributed by atoms with Gasteiger partial charge >= 0.3 is 0 Å². The van der Waals surface area contributed by atoms with Gasteiger partial charge in [-0.3, -0.25) is 9.59 Å². The summed E-state index contributed by atoms with van der Waals surface area (Å²) in [4.78, 5) is 34.6. The molecule has 0 radical (unpaired) electrons. The molecule has 0 spiro atoms. The first-order chi connectivity index (χ1) is 16.5. The molecule has 7 heteroatoms. The van der Waals surface area contributed by atoms with Gasteiger partial charge in [0.25, 0.3) is 5.91 Å². The average molecular weight is 497 g/mol. The minimum Gasteiger partial charge on any atom is -0.368 e. The lowest BCUT2D eigenvalue weighted by Crippen LogP contribution is -2.49. The van der Waals surface area contributed by atoms with E-state index in [1.165, 1.54) is 29.7 Å². The van der Waals surface area contributed by atoms with Crippen molar-refractivity contribution in [3.8, 4) is 0 Å². The van der Waals surface area contributed by atoms with Crippen LogP contribution in [0, 0.1) is 13.8 Å². The zero-order valence-corrected chi connectivity index (χ0v) is 21.7. The number of carbonyl (C=O) groups excluding carboxylic acids is 2. The van der Waals surface area contributed by atoms with E-state index in [1.54, 1.807) is 0 Å². The average Bonchev–Trinajstić information content (AvgIpc) is 3.49.